The first-order valence-corrected chi connectivity index (χ1v) is 9.17. The van der Waals surface area contributed by atoms with Crippen LogP contribution in [0, 0.1) is 0 Å². The van der Waals surface area contributed by atoms with Crippen molar-refractivity contribution in [2.75, 3.05) is 45.7 Å². The van der Waals surface area contributed by atoms with Crippen molar-refractivity contribution in [3.8, 4) is 0 Å². The van der Waals surface area contributed by atoms with Crippen LogP contribution in [0.15, 0.2) is 24.3 Å². The van der Waals surface area contributed by atoms with Gasteiger partial charge in [-0.05, 0) is 36.9 Å². The van der Waals surface area contributed by atoms with Crippen LogP contribution in [0.4, 0.5) is 10.5 Å². The van der Waals surface area contributed by atoms with Gasteiger partial charge in [0, 0.05) is 38.5 Å². The average Bonchev–Trinajstić information content (AvgIpc) is 3.00. The molecule has 0 spiro atoms. The molecule has 0 aromatic heterocycles. The van der Waals surface area contributed by atoms with Crippen molar-refractivity contribution in [2.24, 2.45) is 0 Å². The second-order valence-corrected chi connectivity index (χ2v) is 7.97. The van der Waals surface area contributed by atoms with Gasteiger partial charge in [-0.3, -0.25) is 0 Å². The molecule has 0 radical (unpaired) electrons. The molecule has 0 saturated carbocycles. The van der Waals surface area contributed by atoms with Gasteiger partial charge in [0.25, 0.3) is 0 Å². The molecule has 1 N–H and O–H groups in total. The zero-order chi connectivity index (χ0) is 18.4. The second-order valence-electron chi connectivity index (χ2n) is 7.97. The smallest absolute Gasteiger partial charge is 0.322 e. The molecule has 1 aliphatic rings. The van der Waals surface area contributed by atoms with Crippen molar-refractivity contribution in [1.29, 1.82) is 0 Å². The molecule has 1 atom stereocenters. The Balaban J connectivity index is 2.03. The molecule has 5 nitrogen and oxygen atoms in total. The lowest BCUT2D eigenvalue weighted by atomic mass is 9.86. The molecule has 1 aliphatic heterocycles. The molecule has 140 valence electrons. The van der Waals surface area contributed by atoms with Gasteiger partial charge < -0.3 is 19.9 Å². The first-order chi connectivity index (χ1) is 11.8. The Morgan fingerprint density at radius 1 is 1.36 bits per heavy atom. The van der Waals surface area contributed by atoms with Crippen LogP contribution in [-0.4, -0.2) is 62.3 Å². The third kappa shape index (κ3) is 5.44. The summed E-state index contributed by atoms with van der Waals surface area (Å²) in [4.78, 5) is 17.1. The highest BCUT2D eigenvalue weighted by Gasteiger charge is 2.30. The Kier molecular flexibility index (Phi) is 6.85. The summed E-state index contributed by atoms with van der Waals surface area (Å²) in [6.07, 6.45) is 2.13. The number of methoxy groups -OCH3 is 1. The topological polar surface area (TPSA) is 44.8 Å². The van der Waals surface area contributed by atoms with Crippen LogP contribution >= 0.6 is 0 Å². The lowest BCUT2D eigenvalue weighted by Crippen LogP contribution is -2.44. The van der Waals surface area contributed by atoms with Crippen molar-refractivity contribution < 1.29 is 9.53 Å². The molecule has 1 unspecified atom stereocenters. The number of nitrogens with one attached hydrogen (secondary N) is 1. The quantitative estimate of drug-likeness (QED) is 0.856. The third-order valence-electron chi connectivity index (χ3n) is 4.81. The molecule has 1 fully saturated rings. The van der Waals surface area contributed by atoms with Crippen LogP contribution in [0.1, 0.15) is 39.2 Å². The summed E-state index contributed by atoms with van der Waals surface area (Å²) in [5, 5.41) is 3.15. The van der Waals surface area contributed by atoms with Gasteiger partial charge in [0.05, 0.1) is 6.61 Å². The summed E-state index contributed by atoms with van der Waals surface area (Å²) in [5.74, 6) is 0. The fourth-order valence-corrected chi connectivity index (χ4v) is 3.42. The Labute approximate surface area is 152 Å². The highest BCUT2D eigenvalue weighted by atomic mass is 16.5. The standard InChI is InChI=1S/C20H33N3O2/c1-20(2,3)17-10-6-7-11-18(17)21-19(24)23-12-8-9-16(23)15-22(4)13-14-25-5/h6-7,10-11,16H,8-9,12-15H2,1-5H3,(H,21,24). The molecular formula is C20H33N3O2. The number of rotatable bonds is 6. The highest BCUT2D eigenvalue weighted by molar-refractivity contribution is 5.90. The monoisotopic (exact) mass is 347 g/mol. The van der Waals surface area contributed by atoms with Gasteiger partial charge in [-0.25, -0.2) is 4.79 Å². The normalized spacial score (nSPS) is 18.0. The van der Waals surface area contributed by atoms with Crippen molar-refractivity contribution in [1.82, 2.24) is 9.80 Å². The lowest BCUT2D eigenvalue weighted by molar-refractivity contribution is 0.143. The SMILES string of the molecule is COCCN(C)CC1CCCN1C(=O)Nc1ccccc1C(C)(C)C. The minimum atomic E-state index is -0.00530. The average molecular weight is 348 g/mol. The van der Waals surface area contributed by atoms with Gasteiger partial charge in [-0.15, -0.1) is 0 Å². The van der Waals surface area contributed by atoms with Crippen molar-refractivity contribution in [3.05, 3.63) is 29.8 Å². The van der Waals surface area contributed by atoms with E-state index in [0.29, 0.717) is 6.61 Å². The zero-order valence-electron chi connectivity index (χ0n) is 16.3. The Morgan fingerprint density at radius 2 is 2.08 bits per heavy atom. The number of anilines is 1. The minimum Gasteiger partial charge on any atom is -0.383 e. The maximum Gasteiger partial charge on any atom is 0.322 e. The van der Waals surface area contributed by atoms with Crippen LogP contribution in [-0.2, 0) is 10.2 Å². The third-order valence-corrected chi connectivity index (χ3v) is 4.81. The fraction of sp³-hybridized carbons (Fsp3) is 0.650. The fourth-order valence-electron chi connectivity index (χ4n) is 3.42. The maximum atomic E-state index is 12.9. The maximum absolute atomic E-state index is 12.9. The molecule has 1 saturated heterocycles. The van der Waals surface area contributed by atoms with Crippen molar-refractivity contribution in [3.63, 3.8) is 0 Å². The lowest BCUT2D eigenvalue weighted by Gasteiger charge is -2.30. The largest absolute Gasteiger partial charge is 0.383 e. The Morgan fingerprint density at radius 3 is 2.76 bits per heavy atom. The van der Waals surface area contributed by atoms with Gasteiger partial charge in [0.2, 0.25) is 0 Å². The number of nitrogens with zero attached hydrogens (tertiary/aromatic N) is 2. The number of hydrogen-bond acceptors (Lipinski definition) is 3. The number of urea groups is 1. The second kappa shape index (κ2) is 8.68. The van der Waals surface area contributed by atoms with Gasteiger partial charge in [0.15, 0.2) is 0 Å². The van der Waals surface area contributed by atoms with E-state index < -0.39 is 0 Å². The molecule has 1 aromatic carbocycles. The Bertz CT molecular complexity index is 568. The number of ether oxygens (including phenoxy) is 1. The van der Waals surface area contributed by atoms with E-state index in [1.165, 1.54) is 0 Å². The molecule has 5 heteroatoms. The number of hydrogen-bond donors (Lipinski definition) is 1. The molecular weight excluding hydrogens is 314 g/mol. The summed E-state index contributed by atoms with van der Waals surface area (Å²) in [7, 11) is 3.80. The molecule has 2 amide bonds. The van der Waals surface area contributed by atoms with E-state index in [-0.39, 0.29) is 17.5 Å². The first kappa shape index (κ1) is 19.7. The Hall–Kier alpha value is -1.59. The van der Waals surface area contributed by atoms with Gasteiger partial charge in [-0.2, -0.15) is 0 Å². The van der Waals surface area contributed by atoms with E-state index in [0.717, 1.165) is 43.7 Å². The van der Waals surface area contributed by atoms with Gasteiger partial charge >= 0.3 is 6.03 Å². The molecule has 0 bridgehead atoms. The van der Waals surface area contributed by atoms with E-state index in [1.54, 1.807) is 7.11 Å². The number of likely N-dealkylation sites (tertiary alicyclic amines) is 1. The molecule has 2 rings (SSSR count). The predicted molar refractivity (Wildman–Crippen MR) is 103 cm³/mol. The molecule has 1 heterocycles. The van der Waals surface area contributed by atoms with Crippen LogP contribution in [0.2, 0.25) is 0 Å². The zero-order valence-corrected chi connectivity index (χ0v) is 16.3. The van der Waals surface area contributed by atoms with Crippen molar-refractivity contribution >= 4 is 11.7 Å². The number of carbonyl (C=O) groups is 1. The van der Waals surface area contributed by atoms with E-state index >= 15 is 0 Å². The summed E-state index contributed by atoms with van der Waals surface area (Å²) in [6, 6.07) is 8.37. The number of benzene rings is 1. The summed E-state index contributed by atoms with van der Waals surface area (Å²) >= 11 is 0. The van der Waals surface area contributed by atoms with E-state index in [1.807, 2.05) is 23.1 Å². The predicted octanol–water partition coefficient (Wildman–Crippen LogP) is 3.56. The number of carbonyl (C=O) groups excluding carboxylic acids is 1. The van der Waals surface area contributed by atoms with E-state index in [2.05, 4.69) is 44.1 Å². The summed E-state index contributed by atoms with van der Waals surface area (Å²) in [5.41, 5.74) is 2.07. The minimum absolute atomic E-state index is 0.00530. The van der Waals surface area contributed by atoms with Crippen LogP contribution in [0.25, 0.3) is 0 Å². The molecule has 25 heavy (non-hydrogen) atoms. The summed E-state index contributed by atoms with van der Waals surface area (Å²) < 4.78 is 5.14. The number of likely N-dealkylation sites (N-methyl/N-ethyl adjacent to an activating group) is 1. The van der Waals surface area contributed by atoms with Crippen molar-refractivity contribution in [2.45, 2.75) is 45.1 Å². The van der Waals surface area contributed by atoms with Crippen LogP contribution in [0.5, 0.6) is 0 Å². The highest BCUT2D eigenvalue weighted by Crippen LogP contribution is 2.30. The first-order valence-electron chi connectivity index (χ1n) is 9.17. The molecule has 1 aromatic rings. The van der Waals surface area contributed by atoms with Gasteiger partial charge in [-0.1, -0.05) is 39.0 Å². The van der Waals surface area contributed by atoms with E-state index in [9.17, 15) is 4.79 Å². The van der Waals surface area contributed by atoms with Crippen LogP contribution < -0.4 is 5.32 Å². The number of para-hydroxylation sites is 1. The van der Waals surface area contributed by atoms with Crippen LogP contribution in [0.3, 0.4) is 0 Å². The van der Waals surface area contributed by atoms with E-state index in [4.69, 9.17) is 4.74 Å². The number of amides is 2. The molecule has 0 aliphatic carbocycles. The van der Waals surface area contributed by atoms with Gasteiger partial charge in [0.1, 0.15) is 0 Å². The summed E-state index contributed by atoms with van der Waals surface area (Å²) in [6.45, 7) is 9.82.